The molecule has 2 aromatic rings. The Hall–Kier alpha value is -2.45. The highest BCUT2D eigenvalue weighted by Crippen LogP contribution is 2.42. The van der Waals surface area contributed by atoms with Crippen molar-refractivity contribution in [2.45, 2.75) is 44.6 Å². The van der Waals surface area contributed by atoms with E-state index in [1.54, 1.807) is 13.3 Å². The average molecular weight is 441 g/mol. The maximum Gasteiger partial charge on any atom is 0.228 e. The molecule has 1 atom stereocenters. The molecule has 0 radical (unpaired) electrons. The fourth-order valence-corrected chi connectivity index (χ4v) is 5.22. The smallest absolute Gasteiger partial charge is 0.228 e. The Morgan fingerprint density at radius 3 is 2.72 bits per heavy atom. The summed E-state index contributed by atoms with van der Waals surface area (Å²) in [6.45, 7) is 6.60. The third-order valence-corrected chi connectivity index (χ3v) is 7.40. The lowest BCUT2D eigenvalue weighted by molar-refractivity contribution is -0.134. The van der Waals surface area contributed by atoms with E-state index in [0.717, 1.165) is 50.3 Å². The summed E-state index contributed by atoms with van der Waals surface area (Å²) in [6, 6.07) is 4.01. The van der Waals surface area contributed by atoms with Gasteiger partial charge in [0, 0.05) is 44.4 Å². The van der Waals surface area contributed by atoms with E-state index in [1.165, 1.54) is 0 Å². The van der Waals surface area contributed by atoms with Gasteiger partial charge in [0.2, 0.25) is 5.91 Å². The second-order valence-electron chi connectivity index (χ2n) is 9.87. The van der Waals surface area contributed by atoms with E-state index in [2.05, 4.69) is 11.0 Å². The summed E-state index contributed by atoms with van der Waals surface area (Å²) in [7, 11) is 1.63. The van der Waals surface area contributed by atoms with Crippen molar-refractivity contribution < 1.29 is 19.4 Å². The van der Waals surface area contributed by atoms with Crippen LogP contribution in [0, 0.1) is 5.41 Å². The van der Waals surface area contributed by atoms with Crippen LogP contribution in [-0.2, 0) is 16.0 Å². The zero-order valence-corrected chi connectivity index (χ0v) is 19.0. The van der Waals surface area contributed by atoms with Crippen LogP contribution in [0.1, 0.15) is 38.3 Å². The van der Waals surface area contributed by atoms with Crippen molar-refractivity contribution >= 4 is 22.6 Å². The number of fused-ring (bicyclic) bond motifs is 1. The van der Waals surface area contributed by atoms with Crippen LogP contribution in [-0.4, -0.2) is 78.0 Å². The second kappa shape index (κ2) is 8.15. The van der Waals surface area contributed by atoms with Crippen molar-refractivity contribution in [1.82, 2.24) is 14.9 Å². The van der Waals surface area contributed by atoms with Crippen LogP contribution in [0.15, 0.2) is 18.3 Å². The van der Waals surface area contributed by atoms with Gasteiger partial charge in [0.25, 0.3) is 0 Å². The first-order chi connectivity index (χ1) is 15.4. The lowest BCUT2D eigenvalue weighted by Crippen LogP contribution is -2.45. The van der Waals surface area contributed by atoms with Crippen LogP contribution < -0.4 is 9.64 Å². The zero-order chi connectivity index (χ0) is 22.3. The first-order valence-electron chi connectivity index (χ1n) is 11.5. The van der Waals surface area contributed by atoms with E-state index in [1.807, 2.05) is 17.9 Å². The minimum atomic E-state index is -0.678. The van der Waals surface area contributed by atoms with Crippen molar-refractivity contribution in [3.63, 3.8) is 0 Å². The van der Waals surface area contributed by atoms with Gasteiger partial charge in [-0.1, -0.05) is 0 Å². The van der Waals surface area contributed by atoms with E-state index in [4.69, 9.17) is 19.4 Å². The van der Waals surface area contributed by atoms with Gasteiger partial charge in [-0.05, 0) is 44.7 Å². The molecule has 32 heavy (non-hydrogen) atoms. The van der Waals surface area contributed by atoms with Gasteiger partial charge in [0.15, 0.2) is 0 Å². The molecule has 5 rings (SSSR count). The van der Waals surface area contributed by atoms with Crippen molar-refractivity contribution in [1.29, 1.82) is 0 Å². The monoisotopic (exact) mass is 440 g/mol. The fourth-order valence-electron chi connectivity index (χ4n) is 5.22. The number of aliphatic hydroxyl groups is 1. The molecule has 4 heterocycles. The summed E-state index contributed by atoms with van der Waals surface area (Å²) in [5.41, 5.74) is 2.78. The highest BCUT2D eigenvalue weighted by molar-refractivity contribution is 5.93. The Morgan fingerprint density at radius 1 is 1.19 bits per heavy atom. The number of rotatable bonds is 4. The number of methoxy groups -OCH3 is 1. The summed E-state index contributed by atoms with van der Waals surface area (Å²) in [6.07, 6.45) is 5.35. The number of benzene rings is 1. The van der Waals surface area contributed by atoms with Gasteiger partial charge in [-0.25, -0.2) is 4.98 Å². The fraction of sp³-hybridized carbons (Fsp3) is 0.625. The van der Waals surface area contributed by atoms with Gasteiger partial charge in [0.1, 0.15) is 16.8 Å². The molecule has 3 fully saturated rings. The molecule has 0 aliphatic carbocycles. The Bertz CT molecular complexity index is 1010. The van der Waals surface area contributed by atoms with Crippen LogP contribution in [0.5, 0.6) is 5.75 Å². The number of anilines is 1. The number of amides is 1. The normalized spacial score (nSPS) is 25.1. The second-order valence-corrected chi connectivity index (χ2v) is 9.87. The predicted octanol–water partition coefficient (Wildman–Crippen LogP) is 2.17. The first kappa shape index (κ1) is 21.4. The molecule has 8 heteroatoms. The largest absolute Gasteiger partial charge is 0.494 e. The minimum Gasteiger partial charge on any atom is -0.494 e. The summed E-state index contributed by atoms with van der Waals surface area (Å²) in [4.78, 5) is 26.5. The third kappa shape index (κ3) is 4.01. The molecule has 0 saturated carbocycles. The van der Waals surface area contributed by atoms with E-state index in [-0.39, 0.29) is 17.7 Å². The van der Waals surface area contributed by atoms with Crippen LogP contribution in [0.3, 0.4) is 0 Å². The molecular formula is C24H32N4O4. The van der Waals surface area contributed by atoms with Crippen molar-refractivity contribution in [3.8, 4) is 5.75 Å². The summed E-state index contributed by atoms with van der Waals surface area (Å²) in [5, 5.41) is 10.1. The number of aromatic nitrogens is 2. The Labute approximate surface area is 188 Å². The Balaban J connectivity index is 1.38. The number of hydrogen-bond acceptors (Lipinski definition) is 7. The lowest BCUT2D eigenvalue weighted by Gasteiger charge is -2.35. The quantitative estimate of drug-likeness (QED) is 0.780. The van der Waals surface area contributed by atoms with E-state index in [0.29, 0.717) is 42.9 Å². The SMILES string of the molecule is COc1ccc(N2CCC3(CCOC3)C2)c2ncc(CC(=O)N3CCC(C)(O)CC3)nc12. The Kier molecular flexibility index (Phi) is 5.45. The average Bonchev–Trinajstić information content (AvgIpc) is 3.42. The van der Waals surface area contributed by atoms with Gasteiger partial charge in [0.05, 0.1) is 37.1 Å². The van der Waals surface area contributed by atoms with E-state index < -0.39 is 5.60 Å². The predicted molar refractivity (Wildman–Crippen MR) is 121 cm³/mol. The number of ether oxygens (including phenoxy) is 2. The van der Waals surface area contributed by atoms with Crippen molar-refractivity contribution in [3.05, 3.63) is 24.0 Å². The number of carbonyl (C=O) groups excluding carboxylic acids is 1. The molecule has 3 saturated heterocycles. The molecule has 1 spiro atoms. The summed E-state index contributed by atoms with van der Waals surface area (Å²) >= 11 is 0. The maximum absolute atomic E-state index is 12.8. The molecule has 3 aliphatic heterocycles. The van der Waals surface area contributed by atoms with Crippen LogP contribution >= 0.6 is 0 Å². The summed E-state index contributed by atoms with van der Waals surface area (Å²) in [5.74, 6) is 0.685. The lowest BCUT2D eigenvalue weighted by atomic mass is 9.87. The molecule has 1 amide bonds. The Morgan fingerprint density at radius 2 is 2.00 bits per heavy atom. The third-order valence-electron chi connectivity index (χ3n) is 7.40. The first-order valence-corrected chi connectivity index (χ1v) is 11.5. The van der Waals surface area contributed by atoms with Crippen LogP contribution in [0.25, 0.3) is 11.0 Å². The van der Waals surface area contributed by atoms with Crippen molar-refractivity contribution in [2.75, 3.05) is 51.4 Å². The topological polar surface area (TPSA) is 88.0 Å². The van der Waals surface area contributed by atoms with Gasteiger partial charge in [-0.3, -0.25) is 9.78 Å². The molecule has 1 aromatic carbocycles. The number of piperidine rings is 1. The highest BCUT2D eigenvalue weighted by Gasteiger charge is 2.42. The van der Waals surface area contributed by atoms with Gasteiger partial charge >= 0.3 is 0 Å². The number of nitrogens with zero attached hydrogens (tertiary/aromatic N) is 4. The van der Waals surface area contributed by atoms with Crippen molar-refractivity contribution in [2.24, 2.45) is 5.41 Å². The molecule has 1 unspecified atom stereocenters. The minimum absolute atomic E-state index is 0.0204. The molecule has 3 aliphatic rings. The van der Waals surface area contributed by atoms with E-state index in [9.17, 15) is 9.90 Å². The van der Waals surface area contributed by atoms with Gasteiger partial charge in [-0.2, -0.15) is 0 Å². The maximum atomic E-state index is 12.8. The number of likely N-dealkylation sites (tertiary alicyclic amines) is 1. The van der Waals surface area contributed by atoms with Gasteiger partial charge < -0.3 is 24.4 Å². The molecule has 1 aromatic heterocycles. The van der Waals surface area contributed by atoms with E-state index >= 15 is 0 Å². The highest BCUT2D eigenvalue weighted by atomic mass is 16.5. The molecule has 0 bridgehead atoms. The molecular weight excluding hydrogens is 408 g/mol. The molecule has 1 N–H and O–H groups in total. The standard InChI is InChI=1S/C24H32N4O4/c1-23(30)5-9-27(10-6-23)20(29)13-17-14-25-21-18(3-4-19(31-2)22(21)26-17)28-11-7-24(15-28)8-12-32-16-24/h3-4,14,30H,5-13,15-16H2,1-2H3. The number of carbonyl (C=O) groups is 1. The summed E-state index contributed by atoms with van der Waals surface area (Å²) < 4.78 is 11.3. The molecule has 172 valence electrons. The zero-order valence-electron chi connectivity index (χ0n) is 19.0. The van der Waals surface area contributed by atoms with Crippen LogP contribution in [0.2, 0.25) is 0 Å². The number of hydrogen-bond donors (Lipinski definition) is 1. The van der Waals surface area contributed by atoms with Gasteiger partial charge in [-0.15, -0.1) is 0 Å². The van der Waals surface area contributed by atoms with Crippen LogP contribution in [0.4, 0.5) is 5.69 Å². The molecule has 8 nitrogen and oxygen atoms in total.